The Hall–Kier alpha value is -2.99. The number of unbranched alkanes of at least 4 members (excludes halogenated alkanes) is 1. The van der Waals surface area contributed by atoms with Gasteiger partial charge in [0.2, 0.25) is 5.91 Å². The van der Waals surface area contributed by atoms with Crippen LogP contribution in [-0.2, 0) is 24.3 Å². The summed E-state index contributed by atoms with van der Waals surface area (Å²) in [5, 5.41) is 2.20. The molecular weight excluding hydrogens is 517 g/mol. The summed E-state index contributed by atoms with van der Waals surface area (Å²) >= 11 is 12.4. The molecule has 0 aliphatic heterocycles. The van der Waals surface area contributed by atoms with Crippen LogP contribution in [0.15, 0.2) is 72.9 Å². The van der Waals surface area contributed by atoms with Gasteiger partial charge in [-0.2, -0.15) is 0 Å². The summed E-state index contributed by atoms with van der Waals surface area (Å²) in [5.74, 6) is 0.916. The van der Waals surface area contributed by atoms with E-state index in [2.05, 4.69) is 35.0 Å². The molecule has 7 heteroatoms. The van der Waals surface area contributed by atoms with Crippen molar-refractivity contribution in [2.45, 2.75) is 39.3 Å². The van der Waals surface area contributed by atoms with Crippen molar-refractivity contribution >= 4 is 40.0 Å². The van der Waals surface area contributed by atoms with Gasteiger partial charge in [0.15, 0.2) is 0 Å². The maximum absolute atomic E-state index is 13.8. The van der Waals surface area contributed by atoms with E-state index < -0.39 is 0 Å². The predicted molar refractivity (Wildman–Crippen MR) is 157 cm³/mol. The first kappa shape index (κ1) is 28.0. The van der Waals surface area contributed by atoms with E-state index in [1.165, 1.54) is 10.9 Å². The van der Waals surface area contributed by atoms with Crippen LogP contribution in [0.5, 0.6) is 5.75 Å². The summed E-state index contributed by atoms with van der Waals surface area (Å²) in [6.45, 7) is 5.12. The minimum atomic E-state index is 0.0925. The van der Waals surface area contributed by atoms with Gasteiger partial charge < -0.3 is 14.6 Å². The van der Waals surface area contributed by atoms with Crippen LogP contribution in [0.1, 0.15) is 36.5 Å². The molecule has 200 valence electrons. The van der Waals surface area contributed by atoms with Crippen molar-refractivity contribution in [1.82, 2.24) is 14.8 Å². The third-order valence-corrected chi connectivity index (χ3v) is 7.50. The summed E-state index contributed by atoms with van der Waals surface area (Å²) in [4.78, 5) is 21.3. The Labute approximate surface area is 235 Å². The number of aromatic nitrogens is 1. The van der Waals surface area contributed by atoms with Crippen LogP contribution in [0.4, 0.5) is 0 Å². The lowest BCUT2D eigenvalue weighted by Gasteiger charge is -2.28. The Morgan fingerprint density at radius 3 is 2.53 bits per heavy atom. The molecule has 0 aliphatic carbocycles. The topological polar surface area (TPSA) is 48.6 Å². The Morgan fingerprint density at radius 1 is 0.921 bits per heavy atom. The molecule has 0 spiro atoms. The second-order valence-electron chi connectivity index (χ2n) is 9.59. The zero-order valence-corrected chi connectivity index (χ0v) is 23.6. The van der Waals surface area contributed by atoms with Crippen LogP contribution in [0.2, 0.25) is 10.0 Å². The van der Waals surface area contributed by atoms with Crippen LogP contribution in [0, 0.1) is 0 Å². The highest BCUT2D eigenvalue weighted by atomic mass is 35.5. The molecule has 0 atom stereocenters. The average Bonchev–Trinajstić information content (AvgIpc) is 3.34. The number of para-hydroxylation sites is 1. The first-order valence-corrected chi connectivity index (χ1v) is 13.8. The highest BCUT2D eigenvalue weighted by Gasteiger charge is 2.19. The number of nitrogens with zero attached hydrogens (tertiary/aromatic N) is 2. The van der Waals surface area contributed by atoms with Crippen molar-refractivity contribution in [2.75, 3.05) is 26.7 Å². The molecule has 0 fully saturated rings. The molecule has 4 aromatic rings. The molecule has 3 aromatic carbocycles. The highest BCUT2D eigenvalue weighted by molar-refractivity contribution is 6.42. The van der Waals surface area contributed by atoms with Gasteiger partial charge >= 0.3 is 0 Å². The number of methoxy groups -OCH3 is 1. The third-order valence-electron chi connectivity index (χ3n) is 6.76. The fourth-order valence-corrected chi connectivity index (χ4v) is 4.98. The van der Waals surface area contributed by atoms with Crippen LogP contribution >= 0.6 is 23.2 Å². The highest BCUT2D eigenvalue weighted by Crippen LogP contribution is 2.24. The largest absolute Gasteiger partial charge is 0.497 e. The third kappa shape index (κ3) is 7.53. The fraction of sp³-hybridized carbons (Fsp3) is 0.323. The number of carbonyl (C=O) groups excluding carboxylic acids is 1. The van der Waals surface area contributed by atoms with Crippen molar-refractivity contribution in [3.63, 3.8) is 0 Å². The van der Waals surface area contributed by atoms with Gasteiger partial charge in [0.1, 0.15) is 5.75 Å². The van der Waals surface area contributed by atoms with Gasteiger partial charge in [0.25, 0.3) is 0 Å². The lowest BCUT2D eigenvalue weighted by molar-refractivity contribution is -0.133. The molecular formula is C31H35Cl2N3O2. The van der Waals surface area contributed by atoms with Crippen molar-refractivity contribution in [3.8, 4) is 5.75 Å². The molecule has 0 saturated heterocycles. The molecule has 1 amide bonds. The molecule has 38 heavy (non-hydrogen) atoms. The monoisotopic (exact) mass is 551 g/mol. The number of carbonyl (C=O) groups is 1. The summed E-state index contributed by atoms with van der Waals surface area (Å²) in [6, 6.07) is 21.9. The quantitative estimate of drug-likeness (QED) is 0.189. The SMILES string of the molecule is CCCCN(CC(=O)N(CCc1c[nH]c2ccccc12)Cc1ccc(Cl)c(Cl)c1)Cc1cccc(OC)c1. The van der Waals surface area contributed by atoms with E-state index in [1.807, 2.05) is 53.6 Å². The number of ether oxygens (including phenoxy) is 1. The second-order valence-corrected chi connectivity index (χ2v) is 10.4. The molecule has 1 N–H and O–H groups in total. The first-order valence-electron chi connectivity index (χ1n) is 13.1. The van der Waals surface area contributed by atoms with Crippen molar-refractivity contribution in [1.29, 1.82) is 0 Å². The molecule has 0 unspecified atom stereocenters. The first-order chi connectivity index (χ1) is 18.5. The van der Waals surface area contributed by atoms with Crippen molar-refractivity contribution in [2.24, 2.45) is 0 Å². The number of rotatable bonds is 13. The standard InChI is InChI=1S/C31H35Cl2N3O2/c1-3-4-15-35(20-23-8-7-9-26(17-23)38-2)22-31(37)36(21-24-12-13-28(32)29(33)18-24)16-14-25-19-34-30-11-6-5-10-27(25)30/h5-13,17-19,34H,3-4,14-16,20-22H2,1-2H3. The normalized spacial score (nSPS) is 11.3. The summed E-state index contributed by atoms with van der Waals surface area (Å²) in [7, 11) is 1.67. The van der Waals surface area contributed by atoms with E-state index in [0.29, 0.717) is 36.2 Å². The van der Waals surface area contributed by atoms with Crippen molar-refractivity contribution in [3.05, 3.63) is 99.7 Å². The van der Waals surface area contributed by atoms with E-state index in [9.17, 15) is 4.79 Å². The molecule has 0 aliphatic rings. The average molecular weight is 553 g/mol. The summed E-state index contributed by atoms with van der Waals surface area (Å²) in [5.41, 5.74) is 4.39. The summed E-state index contributed by atoms with van der Waals surface area (Å²) < 4.78 is 5.40. The fourth-order valence-electron chi connectivity index (χ4n) is 4.66. The number of H-pyrrole nitrogens is 1. The van der Waals surface area contributed by atoms with Gasteiger partial charge in [-0.15, -0.1) is 0 Å². The molecule has 0 bridgehead atoms. The minimum absolute atomic E-state index is 0.0925. The number of amides is 1. The molecule has 5 nitrogen and oxygen atoms in total. The van der Waals surface area contributed by atoms with E-state index >= 15 is 0 Å². The Bertz CT molecular complexity index is 1350. The number of fused-ring (bicyclic) bond motifs is 1. The van der Waals surface area contributed by atoms with Crippen molar-refractivity contribution < 1.29 is 9.53 Å². The number of hydrogen-bond acceptors (Lipinski definition) is 3. The Kier molecular flexibility index (Phi) is 10.1. The zero-order chi connectivity index (χ0) is 26.9. The maximum atomic E-state index is 13.8. The van der Waals surface area contributed by atoms with Gasteiger partial charge in [-0.05, 0) is 66.4 Å². The minimum Gasteiger partial charge on any atom is -0.497 e. The van der Waals surface area contributed by atoms with Crippen LogP contribution < -0.4 is 4.74 Å². The van der Waals surface area contributed by atoms with Gasteiger partial charge in [0, 0.05) is 36.7 Å². The molecule has 4 rings (SSSR count). The molecule has 1 aromatic heterocycles. The van der Waals surface area contributed by atoms with Crippen LogP contribution in [0.3, 0.4) is 0 Å². The van der Waals surface area contributed by atoms with Crippen LogP contribution in [0.25, 0.3) is 10.9 Å². The maximum Gasteiger partial charge on any atom is 0.237 e. The second kappa shape index (κ2) is 13.7. The van der Waals surface area contributed by atoms with E-state index in [4.69, 9.17) is 27.9 Å². The zero-order valence-electron chi connectivity index (χ0n) is 22.1. The number of halogens is 2. The van der Waals surface area contributed by atoms with E-state index in [0.717, 1.165) is 48.2 Å². The van der Waals surface area contributed by atoms with Gasteiger partial charge in [0.05, 0.1) is 23.7 Å². The van der Waals surface area contributed by atoms with Gasteiger partial charge in [-0.3, -0.25) is 9.69 Å². The number of nitrogens with one attached hydrogen (secondary N) is 1. The molecule has 1 heterocycles. The Morgan fingerprint density at radius 2 is 1.74 bits per heavy atom. The number of benzene rings is 3. The Balaban J connectivity index is 1.52. The van der Waals surface area contributed by atoms with Gasteiger partial charge in [-0.1, -0.05) is 72.9 Å². The van der Waals surface area contributed by atoms with E-state index in [-0.39, 0.29) is 5.91 Å². The molecule has 0 saturated carbocycles. The summed E-state index contributed by atoms with van der Waals surface area (Å²) in [6.07, 6.45) is 4.89. The lowest BCUT2D eigenvalue weighted by Crippen LogP contribution is -2.41. The predicted octanol–water partition coefficient (Wildman–Crippen LogP) is 7.36. The number of hydrogen-bond donors (Lipinski definition) is 1. The van der Waals surface area contributed by atoms with Gasteiger partial charge in [-0.25, -0.2) is 0 Å². The van der Waals surface area contributed by atoms with E-state index in [1.54, 1.807) is 13.2 Å². The lowest BCUT2D eigenvalue weighted by atomic mass is 10.1. The van der Waals surface area contributed by atoms with Crippen LogP contribution in [-0.4, -0.2) is 47.4 Å². The smallest absolute Gasteiger partial charge is 0.237 e. The number of aromatic amines is 1. The molecule has 0 radical (unpaired) electrons.